The molecule has 0 N–H and O–H groups in total. The molecule has 0 aromatic rings. The zero-order valence-electron chi connectivity index (χ0n) is 13.6. The van der Waals surface area contributed by atoms with Crippen molar-refractivity contribution in [2.45, 2.75) is 52.4 Å². The van der Waals surface area contributed by atoms with Crippen LogP contribution in [-0.4, -0.2) is 5.78 Å². The van der Waals surface area contributed by atoms with Gasteiger partial charge in [-0.25, -0.2) is 0 Å². The van der Waals surface area contributed by atoms with Crippen molar-refractivity contribution in [2.75, 3.05) is 0 Å². The van der Waals surface area contributed by atoms with Crippen LogP contribution in [0, 0.1) is 45.8 Å². The van der Waals surface area contributed by atoms with Crippen LogP contribution in [-0.2, 0) is 4.79 Å². The molecule has 0 aromatic heterocycles. The molecule has 1 unspecified atom stereocenters. The van der Waals surface area contributed by atoms with Crippen molar-refractivity contribution in [1.82, 2.24) is 0 Å². The molecule has 0 aromatic carbocycles. The average molecular weight is 295 g/mol. The van der Waals surface area contributed by atoms with Crippen LogP contribution in [0.5, 0.6) is 0 Å². The fraction of sp³-hybridized carbons (Fsp3) is 0.700. The third-order valence-electron chi connectivity index (χ3n) is 7.67. The average Bonchev–Trinajstić information content (AvgIpc) is 2.84. The predicted molar refractivity (Wildman–Crippen MR) is 85.7 cm³/mol. The first-order valence-corrected chi connectivity index (χ1v) is 8.82. The van der Waals surface area contributed by atoms with Gasteiger partial charge in [0.15, 0.2) is 5.78 Å². The van der Waals surface area contributed by atoms with Crippen LogP contribution < -0.4 is 0 Å². The summed E-state index contributed by atoms with van der Waals surface area (Å²) < 4.78 is 0. The van der Waals surface area contributed by atoms with Crippen LogP contribution in [0.1, 0.15) is 52.4 Å². The van der Waals surface area contributed by atoms with Gasteiger partial charge in [0.1, 0.15) is 0 Å². The summed E-state index contributed by atoms with van der Waals surface area (Å²) in [5, 5.41) is 9.52. The van der Waals surface area contributed by atoms with Gasteiger partial charge in [-0.15, -0.1) is 0 Å². The third-order valence-corrected chi connectivity index (χ3v) is 7.67. The fourth-order valence-corrected chi connectivity index (χ4v) is 6.21. The summed E-state index contributed by atoms with van der Waals surface area (Å²) in [6, 6.07) is 2.59. The molecule has 0 amide bonds. The maximum absolute atomic E-state index is 11.8. The van der Waals surface area contributed by atoms with Crippen LogP contribution in [0.4, 0.5) is 0 Å². The first-order valence-electron chi connectivity index (χ1n) is 8.82. The molecule has 4 aliphatic carbocycles. The molecular formula is C20H25NO. The molecule has 6 atom stereocenters. The molecule has 2 fully saturated rings. The molecule has 0 aliphatic heterocycles. The molecule has 4 aliphatic rings. The van der Waals surface area contributed by atoms with Crippen LogP contribution in [0.25, 0.3) is 0 Å². The van der Waals surface area contributed by atoms with Crippen LogP contribution in [0.2, 0.25) is 0 Å². The molecule has 0 heterocycles. The summed E-state index contributed by atoms with van der Waals surface area (Å²) >= 11 is 0. The molecule has 2 heteroatoms. The summed E-state index contributed by atoms with van der Waals surface area (Å²) in [6.07, 6.45) is 12.9. The van der Waals surface area contributed by atoms with Crippen molar-refractivity contribution in [2.24, 2.45) is 34.5 Å². The number of hydrogen-bond acceptors (Lipinski definition) is 2. The minimum atomic E-state index is 0.180. The molecule has 116 valence electrons. The second kappa shape index (κ2) is 4.57. The lowest BCUT2D eigenvalue weighted by Gasteiger charge is -2.55. The standard InChI is InChI=1S/C20H25NO/c1-19-9-7-15(22)11-13(19)3-5-16-17-6-4-14(12-21)20(17,2)10-8-18(16)19/h3,5,11,14,16-18H,4,6-10H2,1-2H3/t14?,16-,17-,18+,19-,20+/m0/s1. The van der Waals surface area contributed by atoms with Crippen molar-refractivity contribution >= 4 is 5.78 Å². The zero-order chi connectivity index (χ0) is 15.5. The summed E-state index contributed by atoms with van der Waals surface area (Å²) in [5.74, 6) is 2.45. The van der Waals surface area contributed by atoms with E-state index >= 15 is 0 Å². The van der Waals surface area contributed by atoms with E-state index in [0.29, 0.717) is 30.0 Å². The van der Waals surface area contributed by atoms with Crippen LogP contribution in [0.3, 0.4) is 0 Å². The molecule has 2 nitrogen and oxygen atoms in total. The number of allylic oxidation sites excluding steroid dienone is 4. The van der Waals surface area contributed by atoms with Gasteiger partial charge in [-0.1, -0.05) is 26.0 Å². The number of nitriles is 1. The zero-order valence-corrected chi connectivity index (χ0v) is 13.6. The molecule has 0 radical (unpaired) electrons. The van der Waals surface area contributed by atoms with E-state index in [-0.39, 0.29) is 16.7 Å². The number of rotatable bonds is 0. The highest BCUT2D eigenvalue weighted by molar-refractivity contribution is 5.92. The Morgan fingerprint density at radius 3 is 2.77 bits per heavy atom. The molecule has 22 heavy (non-hydrogen) atoms. The number of carbonyl (C=O) groups excluding carboxylic acids is 1. The Balaban J connectivity index is 1.74. The van der Waals surface area contributed by atoms with Gasteiger partial charge in [-0.3, -0.25) is 4.79 Å². The first kappa shape index (κ1) is 14.2. The van der Waals surface area contributed by atoms with Gasteiger partial charge >= 0.3 is 0 Å². The van der Waals surface area contributed by atoms with Crippen LogP contribution >= 0.6 is 0 Å². The largest absolute Gasteiger partial charge is 0.295 e. The highest BCUT2D eigenvalue weighted by Crippen LogP contribution is 2.64. The van der Waals surface area contributed by atoms with Gasteiger partial charge in [0.05, 0.1) is 12.0 Å². The molecule has 0 bridgehead atoms. The van der Waals surface area contributed by atoms with Crippen molar-refractivity contribution in [3.63, 3.8) is 0 Å². The smallest absolute Gasteiger partial charge is 0.156 e. The second-order valence-electron chi connectivity index (χ2n) is 8.44. The molecular weight excluding hydrogens is 270 g/mol. The number of fused-ring (bicyclic) bond motifs is 5. The molecule has 4 rings (SSSR count). The van der Waals surface area contributed by atoms with Gasteiger partial charge in [-0.2, -0.15) is 5.26 Å². The monoisotopic (exact) mass is 295 g/mol. The minimum absolute atomic E-state index is 0.180. The minimum Gasteiger partial charge on any atom is -0.295 e. The van der Waals surface area contributed by atoms with Crippen molar-refractivity contribution in [3.05, 3.63) is 23.8 Å². The normalized spacial score (nSPS) is 49.7. The highest BCUT2D eigenvalue weighted by Gasteiger charge is 2.58. The van der Waals surface area contributed by atoms with Gasteiger partial charge in [0.25, 0.3) is 0 Å². The Morgan fingerprint density at radius 2 is 2.00 bits per heavy atom. The molecule has 0 spiro atoms. The van der Waals surface area contributed by atoms with E-state index in [1.165, 1.54) is 24.8 Å². The lowest BCUT2D eigenvalue weighted by molar-refractivity contribution is -0.116. The lowest BCUT2D eigenvalue weighted by atomic mass is 9.49. The number of nitrogens with zero attached hydrogens (tertiary/aromatic N) is 1. The summed E-state index contributed by atoms with van der Waals surface area (Å²) in [6.45, 7) is 4.74. The first-order chi connectivity index (χ1) is 10.5. The third kappa shape index (κ3) is 1.69. The van der Waals surface area contributed by atoms with Gasteiger partial charge in [0.2, 0.25) is 0 Å². The molecule has 0 saturated heterocycles. The summed E-state index contributed by atoms with van der Waals surface area (Å²) in [5.41, 5.74) is 1.66. The summed E-state index contributed by atoms with van der Waals surface area (Å²) in [7, 11) is 0. The van der Waals surface area contributed by atoms with Crippen molar-refractivity contribution < 1.29 is 4.79 Å². The quantitative estimate of drug-likeness (QED) is 0.663. The maximum atomic E-state index is 11.8. The van der Waals surface area contributed by atoms with Gasteiger partial charge in [-0.05, 0) is 72.3 Å². The maximum Gasteiger partial charge on any atom is 0.156 e. The Labute approximate surface area is 133 Å². The topological polar surface area (TPSA) is 40.9 Å². The number of ketones is 1. The summed E-state index contributed by atoms with van der Waals surface area (Å²) in [4.78, 5) is 11.8. The SMILES string of the molecule is C[C@]12CCC(=O)C=C1C=C[C@@H]1[C@H]2CC[C@]2(C)C(C#N)CC[C@@H]12. The Morgan fingerprint density at radius 1 is 1.18 bits per heavy atom. The Kier molecular flexibility index (Phi) is 2.96. The number of carbonyl (C=O) groups is 1. The van der Waals surface area contributed by atoms with Gasteiger partial charge in [0, 0.05) is 6.42 Å². The van der Waals surface area contributed by atoms with Gasteiger partial charge < -0.3 is 0 Å². The predicted octanol–water partition coefficient (Wildman–Crippen LogP) is 4.43. The fourth-order valence-electron chi connectivity index (χ4n) is 6.21. The van der Waals surface area contributed by atoms with E-state index in [1.54, 1.807) is 0 Å². The number of hydrogen-bond donors (Lipinski definition) is 0. The van der Waals surface area contributed by atoms with E-state index in [4.69, 9.17) is 0 Å². The highest BCUT2D eigenvalue weighted by atomic mass is 16.1. The second-order valence-corrected chi connectivity index (χ2v) is 8.44. The van der Waals surface area contributed by atoms with Crippen molar-refractivity contribution in [1.29, 1.82) is 5.26 Å². The van der Waals surface area contributed by atoms with E-state index < -0.39 is 0 Å². The lowest BCUT2D eigenvalue weighted by Crippen LogP contribution is -2.48. The Bertz CT molecular complexity index is 624. The van der Waals surface area contributed by atoms with E-state index in [2.05, 4.69) is 32.1 Å². The van der Waals surface area contributed by atoms with Crippen LogP contribution in [0.15, 0.2) is 23.8 Å². The van der Waals surface area contributed by atoms with E-state index in [0.717, 1.165) is 12.8 Å². The van der Waals surface area contributed by atoms with E-state index in [1.807, 2.05) is 6.08 Å². The van der Waals surface area contributed by atoms with E-state index in [9.17, 15) is 10.1 Å². The van der Waals surface area contributed by atoms with Crippen molar-refractivity contribution in [3.8, 4) is 6.07 Å². The Hall–Kier alpha value is -1.36. The molecule has 2 saturated carbocycles.